The summed E-state index contributed by atoms with van der Waals surface area (Å²) < 4.78 is 34.0. The Morgan fingerprint density at radius 1 is 1.39 bits per heavy atom. The van der Waals surface area contributed by atoms with Gasteiger partial charge in [-0.15, -0.1) is 0 Å². The highest BCUT2D eigenvalue weighted by molar-refractivity contribution is 7.89. The van der Waals surface area contributed by atoms with Crippen molar-refractivity contribution in [1.82, 2.24) is 14.2 Å². The van der Waals surface area contributed by atoms with Gasteiger partial charge in [0.2, 0.25) is 10.0 Å². The quantitative estimate of drug-likeness (QED) is 0.875. The van der Waals surface area contributed by atoms with Gasteiger partial charge in [-0.3, -0.25) is 9.47 Å². The minimum absolute atomic E-state index is 0.111. The third kappa shape index (κ3) is 3.06. The number of likely N-dealkylation sites (N-methyl/N-ethyl adjacent to an activating group) is 1. The third-order valence-electron chi connectivity index (χ3n) is 4.49. The average Bonchev–Trinajstić information content (AvgIpc) is 3.10. The number of fused-ring (bicyclic) bond motifs is 1. The second kappa shape index (κ2) is 6.10. The summed E-state index contributed by atoms with van der Waals surface area (Å²) in [5.74, 6) is -0.507. The van der Waals surface area contributed by atoms with Crippen molar-refractivity contribution in [1.29, 1.82) is 0 Å². The maximum atomic E-state index is 12.5. The smallest absolute Gasteiger partial charge is 0.408 e. The van der Waals surface area contributed by atoms with Gasteiger partial charge >= 0.3 is 5.76 Å². The standard InChI is InChI=1S/C15H21N3O4S/c1-3-18-8-4-5-11(18)10-16-23(20,21)12-6-7-13-14(9-12)22-15(19)17(13)2/h6-7,9,11,16H,3-5,8,10H2,1-2H3/t11-/m0/s1. The SMILES string of the molecule is CCN1CCC[C@H]1CNS(=O)(=O)c1ccc2c(c1)oc(=O)n2C. The number of hydrogen-bond donors (Lipinski definition) is 1. The Morgan fingerprint density at radius 3 is 2.91 bits per heavy atom. The summed E-state index contributed by atoms with van der Waals surface area (Å²) in [5, 5.41) is 0. The molecule has 1 saturated heterocycles. The fourth-order valence-electron chi connectivity index (χ4n) is 3.11. The summed E-state index contributed by atoms with van der Waals surface area (Å²) in [4.78, 5) is 13.9. The van der Waals surface area contributed by atoms with Gasteiger partial charge < -0.3 is 4.42 Å². The van der Waals surface area contributed by atoms with E-state index < -0.39 is 15.8 Å². The van der Waals surface area contributed by atoms with E-state index in [1.54, 1.807) is 13.1 Å². The number of sulfonamides is 1. The van der Waals surface area contributed by atoms with Crippen molar-refractivity contribution in [2.75, 3.05) is 19.6 Å². The van der Waals surface area contributed by atoms with Crippen molar-refractivity contribution < 1.29 is 12.8 Å². The summed E-state index contributed by atoms with van der Waals surface area (Å²) in [5.41, 5.74) is 0.846. The van der Waals surface area contributed by atoms with Crippen molar-refractivity contribution in [2.45, 2.75) is 30.7 Å². The molecule has 1 fully saturated rings. The number of benzene rings is 1. The van der Waals surface area contributed by atoms with Crippen molar-refractivity contribution in [3.05, 3.63) is 28.7 Å². The van der Waals surface area contributed by atoms with E-state index in [0.29, 0.717) is 12.1 Å². The molecular weight excluding hydrogens is 318 g/mol. The monoisotopic (exact) mass is 339 g/mol. The lowest BCUT2D eigenvalue weighted by Crippen LogP contribution is -2.39. The molecule has 0 unspecified atom stereocenters. The first kappa shape index (κ1) is 16.2. The Labute approximate surface area is 134 Å². The van der Waals surface area contributed by atoms with Crippen molar-refractivity contribution in [3.8, 4) is 0 Å². The van der Waals surface area contributed by atoms with E-state index >= 15 is 0 Å². The highest BCUT2D eigenvalue weighted by atomic mass is 32.2. The normalized spacial score (nSPS) is 19.7. The summed E-state index contributed by atoms with van der Waals surface area (Å²) >= 11 is 0. The van der Waals surface area contributed by atoms with Crippen molar-refractivity contribution in [2.24, 2.45) is 7.05 Å². The Balaban J connectivity index is 1.80. The van der Waals surface area contributed by atoms with Crippen LogP contribution in [0.3, 0.4) is 0 Å². The van der Waals surface area contributed by atoms with Crippen LogP contribution >= 0.6 is 0 Å². The third-order valence-corrected chi connectivity index (χ3v) is 5.91. The molecular formula is C15H21N3O4S. The van der Waals surface area contributed by atoms with Gasteiger partial charge in [0.1, 0.15) is 0 Å². The zero-order valence-corrected chi connectivity index (χ0v) is 14.1. The van der Waals surface area contributed by atoms with E-state index in [1.807, 2.05) is 0 Å². The molecule has 2 heterocycles. The zero-order chi connectivity index (χ0) is 16.6. The minimum Gasteiger partial charge on any atom is -0.408 e. The van der Waals surface area contributed by atoms with E-state index in [4.69, 9.17) is 4.42 Å². The second-order valence-electron chi connectivity index (χ2n) is 5.83. The first-order chi connectivity index (χ1) is 10.9. The van der Waals surface area contributed by atoms with Crippen LogP contribution in [0.5, 0.6) is 0 Å². The van der Waals surface area contributed by atoms with Gasteiger partial charge in [-0.1, -0.05) is 6.92 Å². The van der Waals surface area contributed by atoms with Gasteiger partial charge in [-0.2, -0.15) is 0 Å². The molecule has 7 nitrogen and oxygen atoms in total. The lowest BCUT2D eigenvalue weighted by atomic mass is 10.2. The van der Waals surface area contributed by atoms with Crippen LogP contribution in [0.25, 0.3) is 11.1 Å². The first-order valence-corrected chi connectivity index (χ1v) is 9.24. The Hall–Kier alpha value is -1.64. The van der Waals surface area contributed by atoms with E-state index in [-0.39, 0.29) is 16.5 Å². The van der Waals surface area contributed by atoms with Gasteiger partial charge in [0.05, 0.1) is 10.4 Å². The van der Waals surface area contributed by atoms with E-state index in [2.05, 4.69) is 16.5 Å². The molecule has 1 aromatic carbocycles. The van der Waals surface area contributed by atoms with E-state index in [9.17, 15) is 13.2 Å². The zero-order valence-electron chi connectivity index (χ0n) is 13.3. The van der Waals surface area contributed by atoms with Crippen LogP contribution in [0.2, 0.25) is 0 Å². The highest BCUT2D eigenvalue weighted by Gasteiger charge is 2.25. The number of hydrogen-bond acceptors (Lipinski definition) is 5. The number of oxazole rings is 1. The summed E-state index contributed by atoms with van der Waals surface area (Å²) in [6.45, 7) is 4.42. The number of aryl methyl sites for hydroxylation is 1. The summed E-state index contributed by atoms with van der Waals surface area (Å²) in [7, 11) is -2.04. The van der Waals surface area contributed by atoms with Crippen LogP contribution in [0, 0.1) is 0 Å². The average molecular weight is 339 g/mol. The largest absolute Gasteiger partial charge is 0.419 e. The lowest BCUT2D eigenvalue weighted by molar-refractivity contribution is 0.268. The lowest BCUT2D eigenvalue weighted by Gasteiger charge is -2.22. The van der Waals surface area contributed by atoms with E-state index in [1.165, 1.54) is 16.7 Å². The fourth-order valence-corrected chi connectivity index (χ4v) is 4.20. The number of rotatable bonds is 5. The highest BCUT2D eigenvalue weighted by Crippen LogP contribution is 2.19. The molecule has 0 bridgehead atoms. The van der Waals surface area contributed by atoms with Crippen LogP contribution in [-0.4, -0.2) is 43.6 Å². The molecule has 23 heavy (non-hydrogen) atoms. The first-order valence-electron chi connectivity index (χ1n) is 7.75. The van der Waals surface area contributed by atoms with Gasteiger partial charge in [-0.05, 0) is 38.1 Å². The molecule has 126 valence electrons. The molecule has 1 aliphatic rings. The number of nitrogens with zero attached hydrogens (tertiary/aromatic N) is 2. The van der Waals surface area contributed by atoms with Gasteiger partial charge in [0, 0.05) is 25.7 Å². The molecule has 8 heteroatoms. The van der Waals surface area contributed by atoms with Crippen molar-refractivity contribution in [3.63, 3.8) is 0 Å². The molecule has 1 atom stereocenters. The Morgan fingerprint density at radius 2 is 2.17 bits per heavy atom. The van der Waals surface area contributed by atoms with Gasteiger partial charge in [0.25, 0.3) is 0 Å². The molecule has 1 aliphatic heterocycles. The summed E-state index contributed by atoms with van der Waals surface area (Å²) in [6, 6.07) is 4.72. The predicted molar refractivity (Wildman–Crippen MR) is 86.9 cm³/mol. The second-order valence-corrected chi connectivity index (χ2v) is 7.60. The fraction of sp³-hybridized carbons (Fsp3) is 0.533. The maximum Gasteiger partial charge on any atom is 0.419 e. The summed E-state index contributed by atoms with van der Waals surface area (Å²) in [6.07, 6.45) is 2.10. The van der Waals surface area contributed by atoms with E-state index in [0.717, 1.165) is 25.9 Å². The Kier molecular flexibility index (Phi) is 4.31. The van der Waals surface area contributed by atoms with Crippen LogP contribution in [-0.2, 0) is 17.1 Å². The molecule has 3 rings (SSSR count). The van der Waals surface area contributed by atoms with Crippen LogP contribution < -0.4 is 10.5 Å². The van der Waals surface area contributed by atoms with Crippen molar-refractivity contribution >= 4 is 21.1 Å². The topological polar surface area (TPSA) is 84.6 Å². The van der Waals surface area contributed by atoms with Crippen LogP contribution in [0.15, 0.2) is 32.3 Å². The minimum atomic E-state index is -3.62. The molecule has 1 N–H and O–H groups in total. The van der Waals surface area contributed by atoms with Gasteiger partial charge in [0.15, 0.2) is 5.58 Å². The number of likely N-dealkylation sites (tertiary alicyclic amines) is 1. The Bertz CT molecular complexity index is 868. The maximum absolute atomic E-state index is 12.5. The molecule has 2 aromatic rings. The molecule has 0 spiro atoms. The van der Waals surface area contributed by atoms with Crippen LogP contribution in [0.4, 0.5) is 0 Å². The van der Waals surface area contributed by atoms with Crippen LogP contribution in [0.1, 0.15) is 19.8 Å². The molecule has 0 saturated carbocycles. The number of nitrogens with one attached hydrogen (secondary N) is 1. The molecule has 0 amide bonds. The number of aromatic nitrogens is 1. The molecule has 1 aromatic heterocycles. The molecule has 0 radical (unpaired) electrons. The van der Waals surface area contributed by atoms with Gasteiger partial charge in [-0.25, -0.2) is 17.9 Å². The molecule has 0 aliphatic carbocycles. The predicted octanol–water partition coefficient (Wildman–Crippen LogP) is 0.894.